The van der Waals surface area contributed by atoms with Crippen molar-refractivity contribution in [3.05, 3.63) is 215 Å². The molecule has 0 fully saturated rings. The highest BCUT2D eigenvalue weighted by molar-refractivity contribution is 6.15. The van der Waals surface area contributed by atoms with E-state index in [2.05, 4.69) is 0 Å². The van der Waals surface area contributed by atoms with Crippen molar-refractivity contribution in [3.63, 3.8) is 0 Å². The van der Waals surface area contributed by atoms with Crippen molar-refractivity contribution >= 4 is 70.5 Å². The van der Waals surface area contributed by atoms with E-state index < -0.39 is 0 Å². The third-order valence-corrected chi connectivity index (χ3v) is 7.54. The van der Waals surface area contributed by atoms with Gasteiger partial charge in [-0.05, 0) is 0 Å². The summed E-state index contributed by atoms with van der Waals surface area (Å²) in [6, 6.07) is 53.2. The summed E-state index contributed by atoms with van der Waals surface area (Å²) in [5, 5.41) is 0. The zero-order chi connectivity index (χ0) is 36.3. The maximum Gasteiger partial charge on any atom is 0.170 e. The highest BCUT2D eigenvalue weighted by Gasteiger charge is 2.14. The topological polar surface area (TPSA) is 102 Å². The van der Waals surface area contributed by atoms with E-state index in [4.69, 9.17) is 0 Å². The second kappa shape index (κ2) is 25.2. The van der Waals surface area contributed by atoms with Crippen LogP contribution < -0.4 is 0 Å². The van der Waals surface area contributed by atoms with Crippen LogP contribution in [-0.2, 0) is 0 Å². The SMILES string of the molecule is Cl.Cl.O=C(CC(=O)c1ccccc1)c1ccccc1.O=C(CC(=O)c1ccccc1)c1ccccc1.O=C(CC(=O)c1ccccc1)c1ccccc1.[Si]. The van der Waals surface area contributed by atoms with Crippen LogP contribution in [0.5, 0.6) is 0 Å². The van der Waals surface area contributed by atoms with Gasteiger partial charge in [0.25, 0.3) is 0 Å². The molecule has 0 saturated carbocycles. The Bertz CT molecular complexity index is 1660. The first kappa shape index (κ1) is 46.2. The Balaban J connectivity index is 0.000000394. The number of halogens is 2. The molecule has 0 unspecified atom stereocenters. The van der Waals surface area contributed by atoms with Gasteiger partial charge in [0.05, 0.1) is 19.3 Å². The first-order chi connectivity index (χ1) is 24.8. The molecule has 0 aliphatic rings. The van der Waals surface area contributed by atoms with Gasteiger partial charge < -0.3 is 0 Å². The summed E-state index contributed by atoms with van der Waals surface area (Å²) in [4.78, 5) is 70.8. The van der Waals surface area contributed by atoms with E-state index in [1.807, 2.05) is 36.4 Å². The minimum atomic E-state index is -0.139. The lowest BCUT2D eigenvalue weighted by atomic mass is 10.0. The van der Waals surface area contributed by atoms with Gasteiger partial charge in [0.2, 0.25) is 0 Å². The van der Waals surface area contributed by atoms with Crippen LogP contribution in [0, 0.1) is 0 Å². The monoisotopic (exact) mass is 772 g/mol. The fraction of sp³-hybridized carbons (Fsp3) is 0.0667. The summed E-state index contributed by atoms with van der Waals surface area (Å²) < 4.78 is 0. The fourth-order valence-corrected chi connectivity index (χ4v) is 4.79. The van der Waals surface area contributed by atoms with Crippen LogP contribution in [0.2, 0.25) is 0 Å². The Morgan fingerprint density at radius 2 is 0.352 bits per heavy atom. The molecule has 6 nitrogen and oxygen atoms in total. The van der Waals surface area contributed by atoms with Crippen LogP contribution in [0.3, 0.4) is 0 Å². The van der Waals surface area contributed by atoms with Gasteiger partial charge in [-0.15, -0.1) is 24.8 Å². The number of hydrogen-bond donors (Lipinski definition) is 0. The molecule has 6 aromatic rings. The third kappa shape index (κ3) is 15.4. The molecule has 0 amide bonds. The molecule has 0 saturated heterocycles. The van der Waals surface area contributed by atoms with Crippen LogP contribution in [0.1, 0.15) is 81.4 Å². The molecule has 6 aromatic carbocycles. The molecule has 9 heteroatoms. The Kier molecular flexibility index (Phi) is 21.5. The Hall–Kier alpha value is -5.86. The van der Waals surface area contributed by atoms with Gasteiger partial charge in [-0.25, -0.2) is 0 Å². The second-order valence-corrected chi connectivity index (χ2v) is 11.3. The first-order valence-electron chi connectivity index (χ1n) is 16.3. The van der Waals surface area contributed by atoms with E-state index in [1.165, 1.54) is 0 Å². The van der Waals surface area contributed by atoms with Gasteiger partial charge in [0, 0.05) is 44.3 Å². The summed E-state index contributed by atoms with van der Waals surface area (Å²) in [5.74, 6) is -0.836. The van der Waals surface area contributed by atoms with Crippen molar-refractivity contribution in [1.29, 1.82) is 0 Å². The van der Waals surface area contributed by atoms with Gasteiger partial charge in [-0.2, -0.15) is 0 Å². The minimum absolute atomic E-state index is 0. The van der Waals surface area contributed by atoms with Gasteiger partial charge in [0.15, 0.2) is 34.7 Å². The van der Waals surface area contributed by atoms with Crippen LogP contribution in [0.4, 0.5) is 0 Å². The number of rotatable bonds is 12. The van der Waals surface area contributed by atoms with Gasteiger partial charge >= 0.3 is 0 Å². The summed E-state index contributed by atoms with van der Waals surface area (Å²) in [5.41, 5.74) is 3.48. The van der Waals surface area contributed by atoms with Crippen molar-refractivity contribution in [1.82, 2.24) is 0 Å². The molecule has 0 spiro atoms. The highest BCUT2D eigenvalue weighted by Crippen LogP contribution is 2.11. The van der Waals surface area contributed by atoms with Crippen LogP contribution in [0.25, 0.3) is 0 Å². The largest absolute Gasteiger partial charge is 0.294 e. The quantitative estimate of drug-likeness (QED) is 0.0697. The summed E-state index contributed by atoms with van der Waals surface area (Å²) >= 11 is 0. The normalized spacial score (nSPS) is 9.33. The number of ketones is 6. The Morgan fingerprint density at radius 3 is 0.463 bits per heavy atom. The maximum atomic E-state index is 11.8. The molecule has 0 aromatic heterocycles. The Labute approximate surface area is 332 Å². The summed E-state index contributed by atoms with van der Waals surface area (Å²) in [6.45, 7) is 0. The van der Waals surface area contributed by atoms with Gasteiger partial charge in [-0.3, -0.25) is 28.8 Å². The highest BCUT2D eigenvalue weighted by atomic mass is 35.5. The molecule has 4 radical (unpaired) electrons. The molecular formula is C45H38Cl2O6Si. The van der Waals surface area contributed by atoms with Crippen LogP contribution in [-0.4, -0.2) is 45.7 Å². The number of carbonyl (C=O) groups is 6. The predicted molar refractivity (Wildman–Crippen MR) is 219 cm³/mol. The zero-order valence-corrected chi connectivity index (χ0v) is 31.8. The molecule has 54 heavy (non-hydrogen) atoms. The summed E-state index contributed by atoms with van der Waals surface area (Å²) in [7, 11) is 0. The smallest absolute Gasteiger partial charge is 0.170 e. The van der Waals surface area contributed by atoms with E-state index in [0.29, 0.717) is 33.4 Å². The molecule has 0 aliphatic heterocycles. The van der Waals surface area contributed by atoms with E-state index >= 15 is 0 Å². The van der Waals surface area contributed by atoms with Gasteiger partial charge in [0.1, 0.15) is 0 Å². The number of Topliss-reactive ketones (excluding diaryl/α,β-unsaturated/α-hetero) is 6. The van der Waals surface area contributed by atoms with E-state index in [1.54, 1.807) is 146 Å². The average Bonchev–Trinajstić information content (AvgIpc) is 3.20. The second-order valence-electron chi connectivity index (χ2n) is 11.3. The van der Waals surface area contributed by atoms with E-state index in [0.717, 1.165) is 0 Å². The van der Waals surface area contributed by atoms with E-state index in [9.17, 15) is 28.8 Å². The molecule has 6 rings (SSSR count). The Morgan fingerprint density at radius 1 is 0.241 bits per heavy atom. The predicted octanol–water partition coefficient (Wildman–Crippen LogP) is 9.89. The molecule has 0 aliphatic carbocycles. The third-order valence-electron chi connectivity index (χ3n) is 7.54. The molecular weight excluding hydrogens is 735 g/mol. The van der Waals surface area contributed by atoms with Crippen LogP contribution >= 0.6 is 24.8 Å². The lowest BCUT2D eigenvalue weighted by molar-refractivity contribution is 0.0878. The van der Waals surface area contributed by atoms with Crippen LogP contribution in [0.15, 0.2) is 182 Å². The van der Waals surface area contributed by atoms with Gasteiger partial charge in [-0.1, -0.05) is 182 Å². The van der Waals surface area contributed by atoms with E-state index in [-0.39, 0.29) is 89.7 Å². The first-order valence-corrected chi connectivity index (χ1v) is 16.3. The molecule has 0 bridgehead atoms. The van der Waals surface area contributed by atoms with Crippen molar-refractivity contribution < 1.29 is 28.8 Å². The molecule has 0 heterocycles. The standard InChI is InChI=1S/3C15H12O2.2ClH.Si/c3*16-14(12-7-3-1-4-8-12)11-15(17)13-9-5-2-6-10-13;;;/h3*1-10H,11H2;2*1H;. The van der Waals surface area contributed by atoms with Crippen molar-refractivity contribution in [2.24, 2.45) is 0 Å². The molecule has 0 atom stereocenters. The van der Waals surface area contributed by atoms with Crippen molar-refractivity contribution in [2.45, 2.75) is 19.3 Å². The summed E-state index contributed by atoms with van der Waals surface area (Å²) in [6.07, 6.45) is -0.226. The maximum absolute atomic E-state index is 11.8. The number of hydrogen-bond acceptors (Lipinski definition) is 6. The average molecular weight is 774 g/mol. The number of carbonyl (C=O) groups excluding carboxylic acids is 6. The number of benzene rings is 6. The van der Waals surface area contributed by atoms with Crippen molar-refractivity contribution in [2.75, 3.05) is 0 Å². The minimum Gasteiger partial charge on any atom is -0.294 e. The fourth-order valence-electron chi connectivity index (χ4n) is 4.79. The molecule has 0 N–H and O–H groups in total. The lowest BCUT2D eigenvalue weighted by Gasteiger charge is -2.00. The van der Waals surface area contributed by atoms with Crippen molar-refractivity contribution in [3.8, 4) is 0 Å². The lowest BCUT2D eigenvalue weighted by Crippen LogP contribution is -2.08. The zero-order valence-electron chi connectivity index (χ0n) is 29.2. The molecule has 272 valence electrons.